The van der Waals surface area contributed by atoms with Crippen LogP contribution in [0.25, 0.3) is 0 Å². The van der Waals surface area contributed by atoms with E-state index in [-0.39, 0.29) is 0 Å². The molecular weight excluding hydrogens is 213 g/mol. The van der Waals surface area contributed by atoms with Crippen LogP contribution in [0.1, 0.15) is 6.92 Å². The van der Waals surface area contributed by atoms with E-state index in [1.54, 1.807) is 0 Å². The standard InChI is InChI=1S/C6H3F3.C3H4O3/c7-4-2-1-3-5(8)6(4)9;1-2(4)3(5)6/h1-3H;1H3,(H,5,6). The Labute approximate surface area is 83.1 Å². The van der Waals surface area contributed by atoms with E-state index in [9.17, 15) is 22.8 Å². The molecule has 0 saturated heterocycles. The summed E-state index contributed by atoms with van der Waals surface area (Å²) in [4.78, 5) is 18.9. The third-order valence-electron chi connectivity index (χ3n) is 1.21. The molecule has 15 heavy (non-hydrogen) atoms. The Morgan fingerprint density at radius 3 is 1.67 bits per heavy atom. The Kier molecular flexibility index (Phi) is 5.08. The molecule has 0 saturated carbocycles. The van der Waals surface area contributed by atoms with Crippen LogP contribution in [0.4, 0.5) is 13.2 Å². The summed E-state index contributed by atoms with van der Waals surface area (Å²) in [6.07, 6.45) is 0. The first-order valence-corrected chi connectivity index (χ1v) is 3.69. The van der Waals surface area contributed by atoms with E-state index in [0.717, 1.165) is 25.1 Å². The van der Waals surface area contributed by atoms with Gasteiger partial charge in [0, 0.05) is 6.92 Å². The van der Waals surface area contributed by atoms with Crippen molar-refractivity contribution >= 4 is 11.8 Å². The fraction of sp³-hybridized carbons (Fsp3) is 0.111. The number of rotatable bonds is 1. The molecule has 6 heteroatoms. The second-order valence-electron chi connectivity index (χ2n) is 2.40. The zero-order chi connectivity index (χ0) is 12.0. The van der Waals surface area contributed by atoms with Gasteiger partial charge in [-0.1, -0.05) is 6.07 Å². The molecule has 0 fully saturated rings. The minimum Gasteiger partial charge on any atom is -0.476 e. The third kappa shape index (κ3) is 4.80. The van der Waals surface area contributed by atoms with Crippen LogP contribution in [0.5, 0.6) is 0 Å². The summed E-state index contributed by atoms with van der Waals surface area (Å²) in [5.74, 6) is -5.94. The van der Waals surface area contributed by atoms with Crippen molar-refractivity contribution in [3.63, 3.8) is 0 Å². The molecule has 1 N–H and O–H groups in total. The Morgan fingerprint density at radius 2 is 1.47 bits per heavy atom. The van der Waals surface area contributed by atoms with Crippen molar-refractivity contribution in [3.8, 4) is 0 Å². The monoisotopic (exact) mass is 220 g/mol. The van der Waals surface area contributed by atoms with Gasteiger partial charge in [0.1, 0.15) is 0 Å². The molecule has 1 rings (SSSR count). The van der Waals surface area contributed by atoms with E-state index < -0.39 is 29.2 Å². The second kappa shape index (κ2) is 5.79. The van der Waals surface area contributed by atoms with E-state index in [1.165, 1.54) is 0 Å². The second-order valence-corrected chi connectivity index (χ2v) is 2.40. The van der Waals surface area contributed by atoms with Crippen LogP contribution in [-0.4, -0.2) is 16.9 Å². The van der Waals surface area contributed by atoms with Gasteiger partial charge in [0.15, 0.2) is 17.5 Å². The van der Waals surface area contributed by atoms with Gasteiger partial charge in [-0.25, -0.2) is 18.0 Å². The molecule has 0 amide bonds. The predicted molar refractivity (Wildman–Crippen MR) is 44.6 cm³/mol. The normalized spacial score (nSPS) is 8.80. The number of benzene rings is 1. The smallest absolute Gasteiger partial charge is 0.371 e. The van der Waals surface area contributed by atoms with Crippen LogP contribution in [0.2, 0.25) is 0 Å². The molecule has 0 spiro atoms. The van der Waals surface area contributed by atoms with Crippen LogP contribution in [-0.2, 0) is 9.59 Å². The van der Waals surface area contributed by atoms with Gasteiger partial charge in [-0.3, -0.25) is 4.79 Å². The molecule has 0 bridgehead atoms. The van der Waals surface area contributed by atoms with E-state index >= 15 is 0 Å². The van der Waals surface area contributed by atoms with Gasteiger partial charge in [-0.2, -0.15) is 0 Å². The van der Waals surface area contributed by atoms with Crippen molar-refractivity contribution < 1.29 is 27.9 Å². The summed E-state index contributed by atoms with van der Waals surface area (Å²) in [5.41, 5.74) is 0. The number of hydrogen-bond donors (Lipinski definition) is 1. The minimum absolute atomic E-state index is 0.824. The Hall–Kier alpha value is -1.85. The number of ketones is 1. The summed E-state index contributed by atoms with van der Waals surface area (Å²) in [5, 5.41) is 7.64. The number of carboxylic acids is 1. The molecule has 0 aliphatic rings. The minimum atomic E-state index is -1.42. The van der Waals surface area contributed by atoms with E-state index in [2.05, 4.69) is 0 Å². The van der Waals surface area contributed by atoms with Crippen LogP contribution in [0.3, 0.4) is 0 Å². The van der Waals surface area contributed by atoms with Gasteiger partial charge in [-0.05, 0) is 12.1 Å². The first-order chi connectivity index (χ1) is 6.86. The van der Waals surface area contributed by atoms with Crippen molar-refractivity contribution in [1.82, 2.24) is 0 Å². The highest BCUT2D eigenvalue weighted by Crippen LogP contribution is 2.07. The molecule has 0 radical (unpaired) electrons. The summed E-state index contributed by atoms with van der Waals surface area (Å²) >= 11 is 0. The number of carboxylic acid groups (broad SMARTS) is 1. The van der Waals surface area contributed by atoms with Gasteiger partial charge in [-0.15, -0.1) is 0 Å². The molecule has 1 aromatic carbocycles. The van der Waals surface area contributed by atoms with E-state index in [1.807, 2.05) is 0 Å². The number of Topliss-reactive ketones (excluding diaryl/α,β-unsaturated/α-hetero) is 1. The van der Waals surface area contributed by atoms with E-state index in [0.29, 0.717) is 0 Å². The highest BCUT2D eigenvalue weighted by molar-refractivity contribution is 6.31. The first-order valence-electron chi connectivity index (χ1n) is 3.69. The largest absolute Gasteiger partial charge is 0.476 e. The first kappa shape index (κ1) is 13.2. The van der Waals surface area contributed by atoms with Gasteiger partial charge >= 0.3 is 5.97 Å². The fourth-order valence-corrected chi connectivity index (χ4v) is 0.477. The molecule has 0 atom stereocenters. The molecule has 0 aromatic heterocycles. The molecule has 1 aromatic rings. The van der Waals surface area contributed by atoms with Gasteiger partial charge in [0.25, 0.3) is 0 Å². The molecule has 0 unspecified atom stereocenters. The molecule has 0 aliphatic carbocycles. The van der Waals surface area contributed by atoms with Crippen LogP contribution in [0, 0.1) is 17.5 Å². The summed E-state index contributed by atoms with van der Waals surface area (Å²) in [7, 11) is 0. The zero-order valence-electron chi connectivity index (χ0n) is 7.63. The Balaban J connectivity index is 0.000000288. The lowest BCUT2D eigenvalue weighted by Crippen LogP contribution is -2.05. The molecule has 0 aliphatic heterocycles. The topological polar surface area (TPSA) is 54.4 Å². The number of carbonyl (C=O) groups excluding carboxylic acids is 1. The van der Waals surface area contributed by atoms with Gasteiger partial charge in [0.05, 0.1) is 0 Å². The predicted octanol–water partition coefficient (Wildman–Crippen LogP) is 1.76. The fourth-order valence-electron chi connectivity index (χ4n) is 0.477. The Morgan fingerprint density at radius 1 is 1.13 bits per heavy atom. The quantitative estimate of drug-likeness (QED) is 0.579. The van der Waals surface area contributed by atoms with E-state index in [4.69, 9.17) is 5.11 Å². The van der Waals surface area contributed by atoms with Crippen molar-refractivity contribution in [2.75, 3.05) is 0 Å². The average molecular weight is 220 g/mol. The zero-order valence-corrected chi connectivity index (χ0v) is 7.63. The molecule has 82 valence electrons. The van der Waals surface area contributed by atoms with Crippen LogP contribution in [0.15, 0.2) is 18.2 Å². The average Bonchev–Trinajstić information content (AvgIpc) is 2.15. The molecule has 3 nitrogen and oxygen atoms in total. The summed E-state index contributed by atoms with van der Waals surface area (Å²) < 4.78 is 35.9. The molecule has 0 heterocycles. The van der Waals surface area contributed by atoms with Crippen LogP contribution < -0.4 is 0 Å². The number of halogens is 3. The lowest BCUT2D eigenvalue weighted by molar-refractivity contribution is -0.148. The maximum Gasteiger partial charge on any atom is 0.371 e. The van der Waals surface area contributed by atoms with Crippen molar-refractivity contribution in [1.29, 1.82) is 0 Å². The third-order valence-corrected chi connectivity index (χ3v) is 1.21. The van der Waals surface area contributed by atoms with Crippen molar-refractivity contribution in [2.45, 2.75) is 6.92 Å². The number of aliphatic carboxylic acids is 1. The van der Waals surface area contributed by atoms with Crippen molar-refractivity contribution in [2.24, 2.45) is 0 Å². The maximum absolute atomic E-state index is 12.0. The van der Waals surface area contributed by atoms with Gasteiger partial charge in [0.2, 0.25) is 5.78 Å². The lowest BCUT2D eigenvalue weighted by Gasteiger charge is -1.90. The SMILES string of the molecule is CC(=O)C(=O)O.Fc1cccc(F)c1F. The Bertz CT molecular complexity index is 345. The summed E-state index contributed by atoms with van der Waals surface area (Å²) in [6.45, 7) is 1.00. The number of hydrogen-bond acceptors (Lipinski definition) is 2. The summed E-state index contributed by atoms with van der Waals surface area (Å²) in [6, 6.07) is 2.82. The van der Waals surface area contributed by atoms with Crippen LogP contribution >= 0.6 is 0 Å². The maximum atomic E-state index is 12.0. The van der Waals surface area contributed by atoms with Crippen molar-refractivity contribution in [3.05, 3.63) is 35.7 Å². The lowest BCUT2D eigenvalue weighted by atomic mass is 10.3. The number of carbonyl (C=O) groups is 2. The molecular formula is C9H7F3O3. The van der Waals surface area contributed by atoms with Gasteiger partial charge < -0.3 is 5.11 Å². The highest BCUT2D eigenvalue weighted by Gasteiger charge is 2.04. The highest BCUT2D eigenvalue weighted by atomic mass is 19.2.